The molecule has 112 valence electrons. The third kappa shape index (κ3) is 3.72. The van der Waals surface area contributed by atoms with Gasteiger partial charge in [-0.1, -0.05) is 29.8 Å². The van der Waals surface area contributed by atoms with Crippen LogP contribution in [0.3, 0.4) is 0 Å². The van der Waals surface area contributed by atoms with E-state index < -0.39 is 0 Å². The molecule has 1 aromatic heterocycles. The third-order valence-electron chi connectivity index (χ3n) is 3.77. The van der Waals surface area contributed by atoms with Crippen LogP contribution in [0.4, 0.5) is 0 Å². The molecule has 2 nitrogen and oxygen atoms in total. The Bertz CT molecular complexity index is 616. The summed E-state index contributed by atoms with van der Waals surface area (Å²) < 4.78 is 0. The molecule has 0 atom stereocenters. The number of thiazole rings is 1. The topological polar surface area (TPSA) is 24.9 Å². The molecule has 0 aliphatic heterocycles. The second-order valence-corrected chi connectivity index (χ2v) is 8.15. The number of aryl methyl sites for hydroxylation is 1. The summed E-state index contributed by atoms with van der Waals surface area (Å²) in [6, 6.07) is 8.71. The highest BCUT2D eigenvalue weighted by Crippen LogP contribution is 2.44. The molecule has 0 unspecified atom stereocenters. The van der Waals surface area contributed by atoms with Crippen molar-refractivity contribution >= 4 is 11.3 Å². The molecule has 3 rings (SSSR count). The van der Waals surface area contributed by atoms with E-state index in [0.717, 1.165) is 6.54 Å². The Hall–Kier alpha value is -1.19. The van der Waals surface area contributed by atoms with Crippen molar-refractivity contribution in [1.29, 1.82) is 0 Å². The average Bonchev–Trinajstić information content (AvgIpc) is 3.17. The molecule has 0 amide bonds. The quantitative estimate of drug-likeness (QED) is 0.870. The first kappa shape index (κ1) is 14.7. The fourth-order valence-electron chi connectivity index (χ4n) is 2.33. The maximum Gasteiger partial charge on any atom is 0.123 e. The van der Waals surface area contributed by atoms with Crippen LogP contribution in [0.1, 0.15) is 55.7 Å². The van der Waals surface area contributed by atoms with Gasteiger partial charge >= 0.3 is 0 Å². The standard InChI is InChI=1S/C18H24N2S/c1-12-5-7-14(8-6-12)17-20-16(13-9-10-13)15(21-17)11-19-18(2,3)4/h5-8,13,19H,9-11H2,1-4H3. The van der Waals surface area contributed by atoms with Gasteiger partial charge < -0.3 is 5.32 Å². The molecule has 1 heterocycles. The van der Waals surface area contributed by atoms with Crippen LogP contribution in [0.2, 0.25) is 0 Å². The molecule has 21 heavy (non-hydrogen) atoms. The minimum Gasteiger partial charge on any atom is -0.307 e. The summed E-state index contributed by atoms with van der Waals surface area (Å²) in [5, 5.41) is 4.77. The van der Waals surface area contributed by atoms with Crippen LogP contribution in [0, 0.1) is 6.92 Å². The molecule has 0 radical (unpaired) electrons. The molecule has 2 aromatic rings. The van der Waals surface area contributed by atoms with Crippen molar-refractivity contribution in [3.05, 3.63) is 40.4 Å². The van der Waals surface area contributed by atoms with Gasteiger partial charge in [-0.25, -0.2) is 4.98 Å². The Morgan fingerprint density at radius 3 is 2.43 bits per heavy atom. The lowest BCUT2D eigenvalue weighted by atomic mass is 10.1. The minimum atomic E-state index is 0.148. The van der Waals surface area contributed by atoms with Crippen LogP contribution in [-0.4, -0.2) is 10.5 Å². The highest BCUT2D eigenvalue weighted by Gasteiger charge is 2.30. The zero-order valence-electron chi connectivity index (χ0n) is 13.4. The van der Waals surface area contributed by atoms with Crippen LogP contribution >= 0.6 is 11.3 Å². The van der Waals surface area contributed by atoms with Crippen LogP contribution in [0.5, 0.6) is 0 Å². The Morgan fingerprint density at radius 1 is 1.19 bits per heavy atom. The van der Waals surface area contributed by atoms with Crippen LogP contribution in [-0.2, 0) is 6.54 Å². The van der Waals surface area contributed by atoms with Gasteiger partial charge in [-0.2, -0.15) is 0 Å². The van der Waals surface area contributed by atoms with Gasteiger partial charge in [0.1, 0.15) is 5.01 Å². The Labute approximate surface area is 131 Å². The highest BCUT2D eigenvalue weighted by atomic mass is 32.1. The molecular formula is C18H24N2S. The van der Waals surface area contributed by atoms with Gasteiger partial charge in [0.05, 0.1) is 5.69 Å². The van der Waals surface area contributed by atoms with Crippen LogP contribution in [0.25, 0.3) is 10.6 Å². The predicted molar refractivity (Wildman–Crippen MR) is 90.9 cm³/mol. The molecule has 3 heteroatoms. The summed E-state index contributed by atoms with van der Waals surface area (Å²) in [7, 11) is 0. The monoisotopic (exact) mass is 300 g/mol. The van der Waals surface area contributed by atoms with Gasteiger partial charge in [0.15, 0.2) is 0 Å². The lowest BCUT2D eigenvalue weighted by Crippen LogP contribution is -2.35. The van der Waals surface area contributed by atoms with Gasteiger partial charge in [0.25, 0.3) is 0 Å². The number of hydrogen-bond donors (Lipinski definition) is 1. The van der Waals surface area contributed by atoms with E-state index in [1.54, 1.807) is 0 Å². The smallest absolute Gasteiger partial charge is 0.123 e. The first-order valence-corrected chi connectivity index (χ1v) is 8.56. The van der Waals surface area contributed by atoms with E-state index in [0.29, 0.717) is 5.92 Å². The van der Waals surface area contributed by atoms with Crippen molar-refractivity contribution in [3.8, 4) is 10.6 Å². The lowest BCUT2D eigenvalue weighted by molar-refractivity contribution is 0.425. The second-order valence-electron chi connectivity index (χ2n) is 7.07. The molecule has 0 spiro atoms. The summed E-state index contributed by atoms with van der Waals surface area (Å²) in [5.41, 5.74) is 4.03. The number of nitrogens with zero attached hydrogens (tertiary/aromatic N) is 1. The normalized spacial score (nSPS) is 15.4. The molecule has 1 N–H and O–H groups in total. The summed E-state index contributed by atoms with van der Waals surface area (Å²) in [4.78, 5) is 6.37. The maximum atomic E-state index is 4.95. The Kier molecular flexibility index (Phi) is 3.89. The molecule has 1 fully saturated rings. The van der Waals surface area contributed by atoms with Crippen LogP contribution in [0.15, 0.2) is 24.3 Å². The van der Waals surface area contributed by atoms with E-state index in [1.165, 1.54) is 39.5 Å². The zero-order valence-corrected chi connectivity index (χ0v) is 14.2. The number of rotatable bonds is 4. The van der Waals surface area contributed by atoms with E-state index in [9.17, 15) is 0 Å². The number of aromatic nitrogens is 1. The van der Waals surface area contributed by atoms with Gasteiger partial charge in [-0.05, 0) is 40.5 Å². The summed E-state index contributed by atoms with van der Waals surface area (Å²) in [5.74, 6) is 0.706. The first-order chi connectivity index (χ1) is 9.92. The van der Waals surface area contributed by atoms with Gasteiger partial charge in [0, 0.05) is 28.4 Å². The zero-order chi connectivity index (χ0) is 15.0. The van der Waals surface area contributed by atoms with Crippen LogP contribution < -0.4 is 5.32 Å². The van der Waals surface area contributed by atoms with Crippen molar-refractivity contribution in [1.82, 2.24) is 10.3 Å². The fourth-order valence-corrected chi connectivity index (χ4v) is 3.42. The third-order valence-corrected chi connectivity index (χ3v) is 4.89. The Morgan fingerprint density at radius 2 is 1.86 bits per heavy atom. The van der Waals surface area contributed by atoms with E-state index in [2.05, 4.69) is 57.3 Å². The van der Waals surface area contributed by atoms with Gasteiger partial charge in [-0.15, -0.1) is 11.3 Å². The van der Waals surface area contributed by atoms with E-state index >= 15 is 0 Å². The maximum absolute atomic E-state index is 4.95. The van der Waals surface area contributed by atoms with Crippen molar-refractivity contribution in [2.24, 2.45) is 0 Å². The van der Waals surface area contributed by atoms with E-state index in [4.69, 9.17) is 4.98 Å². The SMILES string of the molecule is Cc1ccc(-c2nc(C3CC3)c(CNC(C)(C)C)s2)cc1. The fraction of sp³-hybridized carbons (Fsp3) is 0.500. The highest BCUT2D eigenvalue weighted by molar-refractivity contribution is 7.15. The van der Waals surface area contributed by atoms with Crippen molar-refractivity contribution in [3.63, 3.8) is 0 Å². The molecular weight excluding hydrogens is 276 g/mol. The molecule has 1 aliphatic rings. The Balaban J connectivity index is 1.87. The largest absolute Gasteiger partial charge is 0.307 e. The minimum absolute atomic E-state index is 0.148. The second kappa shape index (κ2) is 5.54. The van der Waals surface area contributed by atoms with Gasteiger partial charge in [-0.3, -0.25) is 0 Å². The summed E-state index contributed by atoms with van der Waals surface area (Å²) >= 11 is 1.85. The van der Waals surface area contributed by atoms with Crippen molar-refractivity contribution in [2.75, 3.05) is 0 Å². The summed E-state index contributed by atoms with van der Waals surface area (Å²) in [6.07, 6.45) is 2.61. The summed E-state index contributed by atoms with van der Waals surface area (Å²) in [6.45, 7) is 9.70. The number of hydrogen-bond acceptors (Lipinski definition) is 3. The first-order valence-electron chi connectivity index (χ1n) is 7.74. The molecule has 1 saturated carbocycles. The van der Waals surface area contributed by atoms with Gasteiger partial charge in [0.2, 0.25) is 0 Å². The molecule has 0 bridgehead atoms. The molecule has 1 aromatic carbocycles. The number of benzene rings is 1. The average molecular weight is 300 g/mol. The van der Waals surface area contributed by atoms with Crippen molar-refractivity contribution < 1.29 is 0 Å². The van der Waals surface area contributed by atoms with Crippen molar-refractivity contribution in [2.45, 2.75) is 58.5 Å². The molecule has 1 aliphatic carbocycles. The lowest BCUT2D eigenvalue weighted by Gasteiger charge is -2.20. The molecule has 0 saturated heterocycles. The van der Waals surface area contributed by atoms with E-state index in [1.807, 2.05) is 11.3 Å². The predicted octanol–water partition coefficient (Wildman–Crippen LogP) is 4.88. The van der Waals surface area contributed by atoms with E-state index in [-0.39, 0.29) is 5.54 Å². The number of nitrogens with one attached hydrogen (secondary N) is 1.